The lowest BCUT2D eigenvalue weighted by molar-refractivity contribution is 0.0472. The predicted octanol–water partition coefficient (Wildman–Crippen LogP) is 4.33. The minimum absolute atomic E-state index is 0.189. The normalized spacial score (nSPS) is 19.4. The van der Waals surface area contributed by atoms with Gasteiger partial charge in [-0.2, -0.15) is 0 Å². The summed E-state index contributed by atoms with van der Waals surface area (Å²) in [7, 11) is 0. The van der Waals surface area contributed by atoms with Gasteiger partial charge in [0.05, 0.1) is 6.10 Å². The number of likely N-dealkylation sites (tertiary alicyclic amines) is 1. The summed E-state index contributed by atoms with van der Waals surface area (Å²) in [5.41, 5.74) is 2.16. The first-order valence-corrected chi connectivity index (χ1v) is 8.37. The summed E-state index contributed by atoms with van der Waals surface area (Å²) in [5, 5.41) is 10.6. The summed E-state index contributed by atoms with van der Waals surface area (Å²) in [6.07, 6.45) is 1.60. The molecule has 0 spiro atoms. The number of piperidine rings is 1. The highest BCUT2D eigenvalue weighted by Gasteiger charge is 2.28. The topological polar surface area (TPSA) is 23.5 Å². The molecule has 0 bridgehead atoms. The van der Waals surface area contributed by atoms with Crippen LogP contribution in [0.3, 0.4) is 0 Å². The van der Waals surface area contributed by atoms with Crippen molar-refractivity contribution in [3.05, 3.63) is 71.5 Å². The van der Waals surface area contributed by atoms with Crippen LogP contribution in [0.5, 0.6) is 0 Å². The van der Waals surface area contributed by atoms with Gasteiger partial charge < -0.3 is 5.11 Å². The van der Waals surface area contributed by atoms with Crippen molar-refractivity contribution in [3.8, 4) is 0 Å². The first-order chi connectivity index (χ1) is 11.1. The van der Waals surface area contributed by atoms with Crippen LogP contribution in [0.15, 0.2) is 54.6 Å². The Morgan fingerprint density at radius 2 is 1.57 bits per heavy atom. The van der Waals surface area contributed by atoms with E-state index in [1.807, 2.05) is 42.5 Å². The second-order valence-electron chi connectivity index (χ2n) is 6.46. The molecule has 1 fully saturated rings. The highest BCUT2D eigenvalue weighted by atomic mass is 19.1. The van der Waals surface area contributed by atoms with Crippen molar-refractivity contribution < 1.29 is 9.50 Å². The summed E-state index contributed by atoms with van der Waals surface area (Å²) in [6.45, 7) is 4.10. The van der Waals surface area contributed by atoms with Crippen LogP contribution in [0.4, 0.5) is 4.39 Å². The average molecular weight is 313 g/mol. The zero-order chi connectivity index (χ0) is 16.2. The molecular formula is C20H24FNO. The van der Waals surface area contributed by atoms with Crippen molar-refractivity contribution in [3.63, 3.8) is 0 Å². The second kappa shape index (κ2) is 7.24. The van der Waals surface area contributed by atoms with E-state index in [0.29, 0.717) is 5.92 Å². The second-order valence-corrected chi connectivity index (χ2v) is 6.46. The molecule has 3 rings (SSSR count). The highest BCUT2D eigenvalue weighted by Crippen LogP contribution is 2.33. The first-order valence-electron chi connectivity index (χ1n) is 8.37. The number of hydrogen-bond acceptors (Lipinski definition) is 2. The maximum Gasteiger partial charge on any atom is 0.123 e. The molecule has 2 aromatic rings. The summed E-state index contributed by atoms with van der Waals surface area (Å²) in [6, 6.07) is 17.0. The van der Waals surface area contributed by atoms with E-state index in [1.165, 1.54) is 12.1 Å². The van der Waals surface area contributed by atoms with Gasteiger partial charge in [0.2, 0.25) is 0 Å². The van der Waals surface area contributed by atoms with Gasteiger partial charge in [0.15, 0.2) is 0 Å². The molecular weight excluding hydrogens is 289 g/mol. The number of aliphatic hydroxyl groups is 1. The zero-order valence-electron chi connectivity index (χ0n) is 13.5. The number of rotatable bonds is 4. The van der Waals surface area contributed by atoms with Gasteiger partial charge in [-0.1, -0.05) is 42.5 Å². The molecule has 0 radical (unpaired) electrons. The van der Waals surface area contributed by atoms with E-state index in [4.69, 9.17) is 0 Å². The third kappa shape index (κ3) is 3.80. The van der Waals surface area contributed by atoms with Crippen molar-refractivity contribution in [2.45, 2.75) is 31.9 Å². The van der Waals surface area contributed by atoms with E-state index in [2.05, 4.69) is 11.8 Å². The third-order valence-electron chi connectivity index (χ3n) is 5.06. The Balaban J connectivity index is 1.59. The molecule has 0 saturated carbocycles. The third-order valence-corrected chi connectivity index (χ3v) is 5.06. The molecule has 2 atom stereocenters. The van der Waals surface area contributed by atoms with Gasteiger partial charge in [0.1, 0.15) is 5.82 Å². The van der Waals surface area contributed by atoms with Gasteiger partial charge >= 0.3 is 0 Å². The van der Waals surface area contributed by atoms with Crippen molar-refractivity contribution >= 4 is 0 Å². The van der Waals surface area contributed by atoms with Gasteiger partial charge in [-0.25, -0.2) is 4.39 Å². The molecule has 1 aliphatic rings. The minimum Gasteiger partial charge on any atom is -0.388 e. The minimum atomic E-state index is -0.375. The summed E-state index contributed by atoms with van der Waals surface area (Å²) >= 11 is 0. The lowest BCUT2D eigenvalue weighted by Crippen LogP contribution is -2.37. The van der Waals surface area contributed by atoms with Crippen LogP contribution in [0.25, 0.3) is 0 Å². The Kier molecular flexibility index (Phi) is 5.09. The van der Waals surface area contributed by atoms with Crippen LogP contribution >= 0.6 is 0 Å². The van der Waals surface area contributed by atoms with Gasteiger partial charge in [-0.3, -0.25) is 4.90 Å². The lowest BCUT2D eigenvalue weighted by atomic mass is 9.86. The molecule has 0 aliphatic carbocycles. The smallest absolute Gasteiger partial charge is 0.123 e. The molecule has 0 aromatic heterocycles. The number of nitrogens with zero attached hydrogens (tertiary/aromatic N) is 1. The molecule has 1 N–H and O–H groups in total. The van der Waals surface area contributed by atoms with Crippen LogP contribution in [0.2, 0.25) is 0 Å². The van der Waals surface area contributed by atoms with E-state index in [0.717, 1.165) is 37.1 Å². The van der Waals surface area contributed by atoms with Crippen molar-refractivity contribution in [2.24, 2.45) is 5.92 Å². The fourth-order valence-corrected chi connectivity index (χ4v) is 3.50. The standard InChI is InChI=1S/C20H24FNO/c1-15(16-7-9-19(21)10-8-16)22-13-11-18(12-14-22)20(23)17-5-3-2-4-6-17/h2-10,15,18,20,23H,11-14H2,1H3. The molecule has 23 heavy (non-hydrogen) atoms. The largest absolute Gasteiger partial charge is 0.388 e. The molecule has 122 valence electrons. The van der Waals surface area contributed by atoms with Crippen LogP contribution in [-0.4, -0.2) is 23.1 Å². The lowest BCUT2D eigenvalue weighted by Gasteiger charge is -2.38. The maximum absolute atomic E-state index is 13.1. The Bertz CT molecular complexity index is 605. The average Bonchev–Trinajstić information content (AvgIpc) is 2.62. The molecule has 1 aliphatic heterocycles. The fraction of sp³-hybridized carbons (Fsp3) is 0.400. The Hall–Kier alpha value is -1.71. The van der Waals surface area contributed by atoms with Crippen LogP contribution < -0.4 is 0 Å². The van der Waals surface area contributed by atoms with Crippen LogP contribution in [0.1, 0.15) is 43.0 Å². The Morgan fingerprint density at radius 1 is 0.957 bits per heavy atom. The fourth-order valence-electron chi connectivity index (χ4n) is 3.50. The molecule has 1 saturated heterocycles. The number of hydrogen-bond donors (Lipinski definition) is 1. The van der Waals surface area contributed by atoms with E-state index in [1.54, 1.807) is 0 Å². The summed E-state index contributed by atoms with van der Waals surface area (Å²) < 4.78 is 13.1. The summed E-state index contributed by atoms with van der Waals surface area (Å²) in [5.74, 6) is 0.125. The quantitative estimate of drug-likeness (QED) is 0.908. The Labute approximate surface area is 137 Å². The van der Waals surface area contributed by atoms with Gasteiger partial charge in [0.25, 0.3) is 0 Å². The maximum atomic E-state index is 13.1. The number of benzene rings is 2. The van der Waals surface area contributed by atoms with Crippen molar-refractivity contribution in [1.29, 1.82) is 0 Å². The SMILES string of the molecule is CC(c1ccc(F)cc1)N1CCC(C(O)c2ccccc2)CC1. The zero-order valence-corrected chi connectivity index (χ0v) is 13.5. The number of aliphatic hydroxyl groups excluding tert-OH is 1. The van der Waals surface area contributed by atoms with E-state index in [-0.39, 0.29) is 18.0 Å². The number of halogens is 1. The van der Waals surface area contributed by atoms with Gasteiger partial charge in [-0.15, -0.1) is 0 Å². The molecule has 2 aromatic carbocycles. The molecule has 0 amide bonds. The molecule has 3 heteroatoms. The van der Waals surface area contributed by atoms with Crippen molar-refractivity contribution in [2.75, 3.05) is 13.1 Å². The monoisotopic (exact) mass is 313 g/mol. The van der Waals surface area contributed by atoms with E-state index >= 15 is 0 Å². The van der Waals surface area contributed by atoms with Crippen LogP contribution in [0, 0.1) is 11.7 Å². The van der Waals surface area contributed by atoms with Gasteiger partial charge in [0, 0.05) is 6.04 Å². The first kappa shape index (κ1) is 16.2. The highest BCUT2D eigenvalue weighted by molar-refractivity contribution is 5.20. The predicted molar refractivity (Wildman–Crippen MR) is 90.5 cm³/mol. The van der Waals surface area contributed by atoms with Crippen LogP contribution in [-0.2, 0) is 0 Å². The molecule has 2 nitrogen and oxygen atoms in total. The van der Waals surface area contributed by atoms with Crippen molar-refractivity contribution in [1.82, 2.24) is 4.90 Å². The summed E-state index contributed by atoms with van der Waals surface area (Å²) in [4.78, 5) is 2.42. The Morgan fingerprint density at radius 3 is 2.17 bits per heavy atom. The van der Waals surface area contributed by atoms with E-state index < -0.39 is 0 Å². The molecule has 1 heterocycles. The van der Waals surface area contributed by atoms with E-state index in [9.17, 15) is 9.50 Å². The van der Waals surface area contributed by atoms with Gasteiger partial charge in [-0.05, 0) is 62.0 Å². The molecule has 2 unspecified atom stereocenters.